The van der Waals surface area contributed by atoms with E-state index in [-0.39, 0.29) is 11.9 Å². The number of amides is 1. The Morgan fingerprint density at radius 3 is 2.35 bits per heavy atom. The van der Waals surface area contributed by atoms with E-state index in [9.17, 15) is 9.18 Å². The van der Waals surface area contributed by atoms with E-state index in [4.69, 9.17) is 5.73 Å². The van der Waals surface area contributed by atoms with Gasteiger partial charge in [-0.25, -0.2) is 4.39 Å². The van der Waals surface area contributed by atoms with Gasteiger partial charge in [-0.05, 0) is 30.2 Å². The average molecular weight is 272 g/mol. The van der Waals surface area contributed by atoms with Crippen LogP contribution in [0.1, 0.15) is 30.1 Å². The highest BCUT2D eigenvalue weighted by atomic mass is 19.1. The summed E-state index contributed by atoms with van der Waals surface area (Å²) in [7, 11) is 0. The molecule has 0 aliphatic heterocycles. The van der Waals surface area contributed by atoms with Gasteiger partial charge in [-0.2, -0.15) is 0 Å². The van der Waals surface area contributed by atoms with Crippen LogP contribution in [0.5, 0.6) is 0 Å². The second kappa shape index (κ2) is 6.30. The first-order chi connectivity index (χ1) is 9.58. The molecule has 2 rings (SSSR count). The molecule has 0 radical (unpaired) electrons. The van der Waals surface area contributed by atoms with E-state index in [1.165, 1.54) is 12.1 Å². The molecule has 3 nitrogen and oxygen atoms in total. The van der Waals surface area contributed by atoms with Crippen molar-refractivity contribution >= 4 is 5.91 Å². The molecule has 20 heavy (non-hydrogen) atoms. The monoisotopic (exact) mass is 272 g/mol. The molecule has 0 saturated carbocycles. The van der Waals surface area contributed by atoms with Gasteiger partial charge < -0.3 is 5.73 Å². The third-order valence-corrected chi connectivity index (χ3v) is 3.18. The van der Waals surface area contributed by atoms with E-state index < -0.39 is 11.9 Å². The molecule has 2 aromatic carbocycles. The first kappa shape index (κ1) is 14.2. The van der Waals surface area contributed by atoms with E-state index in [1.54, 1.807) is 6.07 Å². The predicted octanol–water partition coefficient (Wildman–Crippen LogP) is 2.70. The van der Waals surface area contributed by atoms with Crippen molar-refractivity contribution in [2.24, 2.45) is 5.73 Å². The Labute approximate surface area is 117 Å². The normalized spacial score (nSPS) is 13.7. The number of benzene rings is 2. The minimum atomic E-state index is -0.602. The highest BCUT2D eigenvalue weighted by Crippen LogP contribution is 2.20. The summed E-state index contributed by atoms with van der Waals surface area (Å²) in [5.41, 5.74) is 7.01. The molecular weight excluding hydrogens is 255 g/mol. The van der Waals surface area contributed by atoms with Crippen LogP contribution in [0, 0.1) is 5.82 Å². The smallest absolute Gasteiger partial charge is 0.239 e. The van der Waals surface area contributed by atoms with Crippen LogP contribution in [0.15, 0.2) is 54.6 Å². The number of halogens is 1. The average Bonchev–Trinajstić information content (AvgIpc) is 2.45. The maximum atomic E-state index is 13.2. The zero-order valence-corrected chi connectivity index (χ0v) is 11.2. The number of primary amides is 1. The Balaban J connectivity index is 2.19. The molecule has 0 unspecified atom stereocenters. The fourth-order valence-corrected chi connectivity index (χ4v) is 2.11. The molecule has 4 heteroatoms. The van der Waals surface area contributed by atoms with Crippen LogP contribution < -0.4 is 11.1 Å². The molecule has 0 aliphatic rings. The van der Waals surface area contributed by atoms with Gasteiger partial charge in [0.1, 0.15) is 11.9 Å². The SMILES string of the molecule is C[C@@H](N[C@H](C(N)=O)c1ccccc1)c1cccc(F)c1. The summed E-state index contributed by atoms with van der Waals surface area (Å²) in [6.07, 6.45) is 0. The van der Waals surface area contributed by atoms with Crippen molar-refractivity contribution in [2.75, 3.05) is 0 Å². The lowest BCUT2D eigenvalue weighted by atomic mass is 10.0. The van der Waals surface area contributed by atoms with Gasteiger partial charge in [0.2, 0.25) is 5.91 Å². The molecule has 0 aliphatic carbocycles. The Morgan fingerprint density at radius 2 is 1.75 bits per heavy atom. The van der Waals surface area contributed by atoms with E-state index in [0.717, 1.165) is 11.1 Å². The zero-order valence-electron chi connectivity index (χ0n) is 11.2. The number of carbonyl (C=O) groups is 1. The quantitative estimate of drug-likeness (QED) is 0.879. The van der Waals surface area contributed by atoms with Crippen molar-refractivity contribution < 1.29 is 9.18 Å². The van der Waals surface area contributed by atoms with Crippen LogP contribution in [0.3, 0.4) is 0 Å². The lowest BCUT2D eigenvalue weighted by Crippen LogP contribution is -2.35. The lowest BCUT2D eigenvalue weighted by Gasteiger charge is -2.21. The molecule has 2 atom stereocenters. The van der Waals surface area contributed by atoms with E-state index in [0.29, 0.717) is 0 Å². The fraction of sp³-hybridized carbons (Fsp3) is 0.188. The molecular formula is C16H17FN2O. The molecule has 0 spiro atoms. The van der Waals surface area contributed by atoms with Crippen molar-refractivity contribution in [3.8, 4) is 0 Å². The van der Waals surface area contributed by atoms with Crippen LogP contribution in [-0.2, 0) is 4.79 Å². The molecule has 104 valence electrons. The van der Waals surface area contributed by atoms with Gasteiger partial charge in [-0.15, -0.1) is 0 Å². The Kier molecular flexibility index (Phi) is 4.48. The van der Waals surface area contributed by atoms with Crippen LogP contribution in [-0.4, -0.2) is 5.91 Å². The number of hydrogen-bond acceptors (Lipinski definition) is 2. The molecule has 0 bridgehead atoms. The van der Waals surface area contributed by atoms with Crippen LogP contribution in [0.25, 0.3) is 0 Å². The Bertz CT molecular complexity index is 586. The van der Waals surface area contributed by atoms with Gasteiger partial charge >= 0.3 is 0 Å². The van der Waals surface area contributed by atoms with Crippen LogP contribution >= 0.6 is 0 Å². The molecule has 2 aromatic rings. The Hall–Kier alpha value is -2.20. The van der Waals surface area contributed by atoms with Crippen molar-refractivity contribution in [3.05, 3.63) is 71.5 Å². The summed E-state index contributed by atoms with van der Waals surface area (Å²) in [6.45, 7) is 1.87. The lowest BCUT2D eigenvalue weighted by molar-refractivity contribution is -0.120. The fourth-order valence-electron chi connectivity index (χ4n) is 2.11. The highest BCUT2D eigenvalue weighted by molar-refractivity contribution is 5.81. The maximum Gasteiger partial charge on any atom is 0.239 e. The summed E-state index contributed by atoms with van der Waals surface area (Å²) in [5.74, 6) is -0.758. The van der Waals surface area contributed by atoms with Gasteiger partial charge in [0, 0.05) is 6.04 Å². The number of hydrogen-bond donors (Lipinski definition) is 2. The first-order valence-corrected chi connectivity index (χ1v) is 6.43. The first-order valence-electron chi connectivity index (χ1n) is 6.43. The Morgan fingerprint density at radius 1 is 1.10 bits per heavy atom. The summed E-state index contributed by atoms with van der Waals surface area (Å²) in [6, 6.07) is 14.7. The minimum absolute atomic E-state index is 0.191. The maximum absolute atomic E-state index is 13.2. The van der Waals surface area contributed by atoms with Crippen molar-refractivity contribution in [2.45, 2.75) is 19.0 Å². The van der Waals surface area contributed by atoms with E-state index in [1.807, 2.05) is 43.3 Å². The van der Waals surface area contributed by atoms with Gasteiger partial charge in [0.05, 0.1) is 0 Å². The number of carbonyl (C=O) groups excluding carboxylic acids is 1. The molecule has 0 heterocycles. The second-order valence-corrected chi connectivity index (χ2v) is 4.69. The number of nitrogens with two attached hydrogens (primary N) is 1. The molecule has 0 fully saturated rings. The molecule has 0 aromatic heterocycles. The molecule has 3 N–H and O–H groups in total. The predicted molar refractivity (Wildman–Crippen MR) is 76.3 cm³/mol. The van der Waals surface area contributed by atoms with Crippen molar-refractivity contribution in [1.29, 1.82) is 0 Å². The second-order valence-electron chi connectivity index (χ2n) is 4.69. The van der Waals surface area contributed by atoms with Gasteiger partial charge in [-0.1, -0.05) is 42.5 Å². The van der Waals surface area contributed by atoms with Gasteiger partial charge in [-0.3, -0.25) is 10.1 Å². The summed E-state index contributed by atoms with van der Waals surface area (Å²) in [4.78, 5) is 11.6. The highest BCUT2D eigenvalue weighted by Gasteiger charge is 2.20. The number of nitrogens with one attached hydrogen (secondary N) is 1. The van der Waals surface area contributed by atoms with Crippen molar-refractivity contribution in [1.82, 2.24) is 5.32 Å². The standard InChI is InChI=1S/C16H17FN2O/c1-11(13-8-5-9-14(17)10-13)19-15(16(18)20)12-6-3-2-4-7-12/h2-11,15,19H,1H3,(H2,18,20)/t11-,15+/m1/s1. The summed E-state index contributed by atoms with van der Waals surface area (Å²) in [5, 5.41) is 3.14. The van der Waals surface area contributed by atoms with E-state index >= 15 is 0 Å². The number of rotatable bonds is 5. The zero-order chi connectivity index (χ0) is 14.5. The molecule has 1 amide bonds. The van der Waals surface area contributed by atoms with Gasteiger partial charge in [0.25, 0.3) is 0 Å². The van der Waals surface area contributed by atoms with Crippen LogP contribution in [0.4, 0.5) is 4.39 Å². The third-order valence-electron chi connectivity index (χ3n) is 3.18. The van der Waals surface area contributed by atoms with Crippen LogP contribution in [0.2, 0.25) is 0 Å². The topological polar surface area (TPSA) is 55.1 Å². The minimum Gasteiger partial charge on any atom is -0.368 e. The third kappa shape index (κ3) is 3.42. The molecule has 0 saturated heterocycles. The van der Waals surface area contributed by atoms with Gasteiger partial charge in [0.15, 0.2) is 0 Å². The summed E-state index contributed by atoms with van der Waals surface area (Å²) >= 11 is 0. The van der Waals surface area contributed by atoms with E-state index in [2.05, 4.69) is 5.32 Å². The van der Waals surface area contributed by atoms with Crippen molar-refractivity contribution in [3.63, 3.8) is 0 Å². The summed E-state index contributed by atoms with van der Waals surface area (Å²) < 4.78 is 13.2. The largest absolute Gasteiger partial charge is 0.368 e.